The third kappa shape index (κ3) is 4.27. The second-order valence-corrected chi connectivity index (χ2v) is 6.56. The van der Waals surface area contributed by atoms with Crippen molar-refractivity contribution in [1.82, 2.24) is 14.7 Å². The van der Waals surface area contributed by atoms with Crippen LogP contribution in [-0.2, 0) is 11.2 Å². The first-order valence-corrected chi connectivity index (χ1v) is 8.86. The van der Waals surface area contributed by atoms with E-state index in [4.69, 9.17) is 9.84 Å². The van der Waals surface area contributed by atoms with Crippen molar-refractivity contribution in [3.63, 3.8) is 0 Å². The first-order chi connectivity index (χ1) is 13.0. The Morgan fingerprint density at radius 3 is 2.70 bits per heavy atom. The van der Waals surface area contributed by atoms with Gasteiger partial charge >= 0.3 is 5.97 Å². The van der Waals surface area contributed by atoms with Crippen molar-refractivity contribution < 1.29 is 23.8 Å². The lowest BCUT2D eigenvalue weighted by Gasteiger charge is -2.32. The molecule has 2 aromatic rings. The fraction of sp³-hybridized carbons (Fsp3) is 0.421. The number of rotatable bonds is 6. The van der Waals surface area contributed by atoms with Crippen LogP contribution in [0.4, 0.5) is 4.39 Å². The van der Waals surface area contributed by atoms with Crippen molar-refractivity contribution in [1.29, 1.82) is 0 Å². The first-order valence-electron chi connectivity index (χ1n) is 8.86. The molecule has 0 bridgehead atoms. The van der Waals surface area contributed by atoms with E-state index in [0.717, 1.165) is 0 Å². The molecular formula is C19H22FN3O4. The lowest BCUT2D eigenvalue weighted by molar-refractivity contribution is -0.132. The molecule has 1 saturated heterocycles. The van der Waals surface area contributed by atoms with E-state index in [1.807, 2.05) is 0 Å². The van der Waals surface area contributed by atoms with Gasteiger partial charge in [0.25, 0.3) is 0 Å². The third-order valence-corrected chi connectivity index (χ3v) is 4.91. The molecule has 1 aliphatic heterocycles. The molecule has 0 saturated carbocycles. The Labute approximate surface area is 156 Å². The van der Waals surface area contributed by atoms with Crippen LogP contribution in [0.2, 0.25) is 0 Å². The lowest BCUT2D eigenvalue weighted by atomic mass is 10.0. The van der Waals surface area contributed by atoms with Crippen molar-refractivity contribution in [2.24, 2.45) is 0 Å². The molecule has 2 heterocycles. The van der Waals surface area contributed by atoms with Gasteiger partial charge in [-0.05, 0) is 30.9 Å². The van der Waals surface area contributed by atoms with Gasteiger partial charge in [0.1, 0.15) is 0 Å². The SMILES string of the molecule is COc1cccc(CCC(=O)N2CCC(n3cc(C(=O)O)cn3)CC2)c1F. The number of benzene rings is 1. The van der Waals surface area contributed by atoms with Gasteiger partial charge in [-0.2, -0.15) is 5.10 Å². The molecule has 0 unspecified atom stereocenters. The number of halogens is 1. The summed E-state index contributed by atoms with van der Waals surface area (Å²) >= 11 is 0. The molecule has 0 spiro atoms. The second-order valence-electron chi connectivity index (χ2n) is 6.56. The Kier molecular flexibility index (Phi) is 5.73. The molecule has 3 rings (SSSR count). The fourth-order valence-electron chi connectivity index (χ4n) is 3.33. The number of aromatic carboxylic acids is 1. The monoisotopic (exact) mass is 375 g/mol. The number of carboxylic acid groups (broad SMARTS) is 1. The Morgan fingerprint density at radius 1 is 1.33 bits per heavy atom. The summed E-state index contributed by atoms with van der Waals surface area (Å²) in [7, 11) is 1.41. The summed E-state index contributed by atoms with van der Waals surface area (Å²) in [4.78, 5) is 25.2. The van der Waals surface area contributed by atoms with E-state index < -0.39 is 11.8 Å². The molecule has 1 N–H and O–H groups in total. The maximum atomic E-state index is 14.2. The minimum Gasteiger partial charge on any atom is -0.494 e. The largest absolute Gasteiger partial charge is 0.494 e. The van der Waals surface area contributed by atoms with Crippen LogP contribution in [0.25, 0.3) is 0 Å². The van der Waals surface area contributed by atoms with Crippen molar-refractivity contribution in [2.45, 2.75) is 31.7 Å². The Balaban J connectivity index is 1.52. The van der Waals surface area contributed by atoms with Crippen LogP contribution in [0.15, 0.2) is 30.6 Å². The van der Waals surface area contributed by atoms with E-state index in [1.54, 1.807) is 27.8 Å². The zero-order chi connectivity index (χ0) is 19.4. The predicted octanol–water partition coefficient (Wildman–Crippen LogP) is 2.53. The Bertz CT molecular complexity index is 828. The van der Waals surface area contributed by atoms with Crippen LogP contribution in [0, 0.1) is 5.82 Å². The van der Waals surface area contributed by atoms with E-state index in [0.29, 0.717) is 37.9 Å². The first kappa shape index (κ1) is 18.9. The van der Waals surface area contributed by atoms with E-state index in [-0.39, 0.29) is 29.7 Å². The normalized spacial score (nSPS) is 15.0. The summed E-state index contributed by atoms with van der Waals surface area (Å²) in [5, 5.41) is 13.1. The molecule has 1 amide bonds. The molecule has 27 heavy (non-hydrogen) atoms. The average Bonchev–Trinajstić information content (AvgIpc) is 3.17. The highest BCUT2D eigenvalue weighted by molar-refractivity contribution is 5.86. The maximum Gasteiger partial charge on any atom is 0.338 e. The highest BCUT2D eigenvalue weighted by Gasteiger charge is 2.25. The fourth-order valence-corrected chi connectivity index (χ4v) is 3.33. The summed E-state index contributed by atoms with van der Waals surface area (Å²) in [6, 6.07) is 5.01. The number of hydrogen-bond donors (Lipinski definition) is 1. The third-order valence-electron chi connectivity index (χ3n) is 4.91. The van der Waals surface area contributed by atoms with Gasteiger partial charge in [-0.15, -0.1) is 0 Å². The van der Waals surface area contributed by atoms with Gasteiger partial charge in [0.2, 0.25) is 5.91 Å². The molecule has 7 nitrogen and oxygen atoms in total. The number of aryl methyl sites for hydroxylation is 1. The van der Waals surface area contributed by atoms with E-state index in [2.05, 4.69) is 5.10 Å². The standard InChI is InChI=1S/C19H22FN3O4/c1-27-16-4-2-3-13(18(16)20)5-6-17(24)22-9-7-15(8-10-22)23-12-14(11-21-23)19(25)26/h2-4,11-12,15H,5-10H2,1H3,(H,25,26). The van der Waals surface area contributed by atoms with Crippen LogP contribution < -0.4 is 4.74 Å². The number of aromatic nitrogens is 2. The summed E-state index contributed by atoms with van der Waals surface area (Å²) in [6.45, 7) is 1.15. The number of piperidine rings is 1. The van der Waals surface area contributed by atoms with Crippen LogP contribution in [0.5, 0.6) is 5.75 Å². The number of nitrogens with zero attached hydrogens (tertiary/aromatic N) is 3. The van der Waals surface area contributed by atoms with Crippen LogP contribution in [-0.4, -0.2) is 51.9 Å². The summed E-state index contributed by atoms with van der Waals surface area (Å²) < 4.78 is 20.8. The minimum atomic E-state index is -1.00. The van der Waals surface area contributed by atoms with Crippen molar-refractivity contribution in [2.75, 3.05) is 20.2 Å². The number of methoxy groups -OCH3 is 1. The molecule has 1 aromatic carbocycles. The lowest BCUT2D eigenvalue weighted by Crippen LogP contribution is -2.39. The molecule has 1 aromatic heterocycles. The van der Waals surface area contributed by atoms with E-state index in [9.17, 15) is 14.0 Å². The number of carbonyl (C=O) groups excluding carboxylic acids is 1. The minimum absolute atomic E-state index is 0.0117. The van der Waals surface area contributed by atoms with Crippen molar-refractivity contribution in [3.8, 4) is 5.75 Å². The second kappa shape index (κ2) is 8.20. The smallest absolute Gasteiger partial charge is 0.338 e. The molecule has 8 heteroatoms. The number of ether oxygens (including phenoxy) is 1. The molecule has 144 valence electrons. The quantitative estimate of drug-likeness (QED) is 0.839. The maximum absolute atomic E-state index is 14.2. The number of likely N-dealkylation sites (tertiary alicyclic amines) is 1. The van der Waals surface area contributed by atoms with E-state index >= 15 is 0 Å². The zero-order valence-corrected chi connectivity index (χ0v) is 15.1. The number of amides is 1. The molecule has 1 aliphatic rings. The highest BCUT2D eigenvalue weighted by atomic mass is 19.1. The average molecular weight is 375 g/mol. The van der Waals surface area contributed by atoms with Crippen LogP contribution in [0.3, 0.4) is 0 Å². The van der Waals surface area contributed by atoms with Gasteiger partial charge in [0, 0.05) is 25.7 Å². The van der Waals surface area contributed by atoms with Crippen LogP contribution in [0.1, 0.15) is 41.2 Å². The van der Waals surface area contributed by atoms with Gasteiger partial charge in [0.05, 0.1) is 24.9 Å². The summed E-state index contributed by atoms with van der Waals surface area (Å²) in [5.74, 6) is -1.25. The number of carbonyl (C=O) groups is 2. The number of carboxylic acids is 1. The molecule has 1 fully saturated rings. The summed E-state index contributed by atoms with van der Waals surface area (Å²) in [6.07, 6.45) is 4.83. The Hall–Kier alpha value is -2.90. The molecule has 0 atom stereocenters. The molecule has 0 aliphatic carbocycles. The summed E-state index contributed by atoms with van der Waals surface area (Å²) in [5.41, 5.74) is 0.629. The highest BCUT2D eigenvalue weighted by Crippen LogP contribution is 2.24. The molecular weight excluding hydrogens is 353 g/mol. The van der Waals surface area contributed by atoms with Crippen molar-refractivity contribution >= 4 is 11.9 Å². The Morgan fingerprint density at radius 2 is 2.07 bits per heavy atom. The van der Waals surface area contributed by atoms with Crippen LogP contribution >= 0.6 is 0 Å². The van der Waals surface area contributed by atoms with Crippen molar-refractivity contribution in [3.05, 3.63) is 47.5 Å². The van der Waals surface area contributed by atoms with Gasteiger partial charge in [-0.3, -0.25) is 9.48 Å². The molecule has 0 radical (unpaired) electrons. The van der Waals surface area contributed by atoms with Gasteiger partial charge in [0.15, 0.2) is 11.6 Å². The predicted molar refractivity (Wildman–Crippen MR) is 95.3 cm³/mol. The van der Waals surface area contributed by atoms with Gasteiger partial charge < -0.3 is 14.7 Å². The zero-order valence-electron chi connectivity index (χ0n) is 15.1. The van der Waals surface area contributed by atoms with Gasteiger partial charge in [-0.25, -0.2) is 9.18 Å². The van der Waals surface area contributed by atoms with Gasteiger partial charge in [-0.1, -0.05) is 12.1 Å². The number of hydrogen-bond acceptors (Lipinski definition) is 4. The van der Waals surface area contributed by atoms with E-state index in [1.165, 1.54) is 19.5 Å². The topological polar surface area (TPSA) is 84.7 Å².